The van der Waals surface area contributed by atoms with Crippen molar-refractivity contribution in [3.05, 3.63) is 34.2 Å². The standard InChI is InChI=1S/C15H21BrFN7O2S.2C2H6/c1-18-27(4,19-2)8-7-24(3)15-13(22-26-23-15)14(21-25)20-10-5-6-12(17)11(16)9-10;2*1-2/h5-6,9,25H,7-8H2,1-4H3,(H,20,21);2*1-2H3. The average molecular weight is 522 g/mol. The minimum atomic E-state index is -1.40. The van der Waals surface area contributed by atoms with Crippen LogP contribution in [-0.4, -0.2) is 61.1 Å². The summed E-state index contributed by atoms with van der Waals surface area (Å²) in [5.74, 6) is 0.730. The molecule has 0 fully saturated rings. The molecular formula is C19H33BrFN7O2S. The zero-order valence-electron chi connectivity index (χ0n) is 19.3. The molecule has 1 aromatic heterocycles. The normalized spacial score (nSPS) is 10.9. The Kier molecular flexibility index (Phi) is 13.9. The molecule has 0 atom stereocenters. The molecule has 2 rings (SSSR count). The van der Waals surface area contributed by atoms with E-state index in [9.17, 15) is 9.60 Å². The highest BCUT2D eigenvalue weighted by molar-refractivity contribution is 9.10. The summed E-state index contributed by atoms with van der Waals surface area (Å²) in [5.41, 5.74) is 2.62. The molecule has 31 heavy (non-hydrogen) atoms. The van der Waals surface area contributed by atoms with Crippen LogP contribution in [0.15, 0.2) is 41.0 Å². The van der Waals surface area contributed by atoms with Crippen LogP contribution in [0.25, 0.3) is 0 Å². The first-order valence-electron chi connectivity index (χ1n) is 9.79. The van der Waals surface area contributed by atoms with Gasteiger partial charge >= 0.3 is 0 Å². The minimum Gasteiger partial charge on any atom is -0.354 e. The topological polar surface area (TPSA) is 112 Å². The van der Waals surface area contributed by atoms with Gasteiger partial charge in [-0.2, -0.15) is 0 Å². The van der Waals surface area contributed by atoms with Crippen LogP contribution in [0.2, 0.25) is 0 Å². The highest BCUT2D eigenvalue weighted by atomic mass is 79.9. The molecule has 2 aromatic rings. The Hall–Kier alpha value is -2.05. The van der Waals surface area contributed by atoms with E-state index in [1.54, 1.807) is 14.1 Å². The van der Waals surface area contributed by atoms with Gasteiger partial charge in [-0.3, -0.25) is 19.4 Å². The van der Waals surface area contributed by atoms with Gasteiger partial charge < -0.3 is 4.90 Å². The van der Waals surface area contributed by atoms with Crippen molar-refractivity contribution in [2.75, 3.05) is 44.6 Å². The molecule has 1 aromatic carbocycles. The van der Waals surface area contributed by atoms with Crippen LogP contribution in [0.3, 0.4) is 0 Å². The van der Waals surface area contributed by atoms with Crippen LogP contribution in [-0.2, 0) is 9.62 Å². The number of amidine groups is 1. The van der Waals surface area contributed by atoms with Crippen molar-refractivity contribution >= 4 is 42.9 Å². The van der Waals surface area contributed by atoms with Crippen LogP contribution in [0, 0.1) is 5.82 Å². The van der Waals surface area contributed by atoms with E-state index in [1.165, 1.54) is 18.2 Å². The van der Waals surface area contributed by atoms with E-state index in [2.05, 4.69) is 40.0 Å². The lowest BCUT2D eigenvalue weighted by Crippen LogP contribution is -2.29. The van der Waals surface area contributed by atoms with Gasteiger partial charge in [0.25, 0.3) is 0 Å². The van der Waals surface area contributed by atoms with E-state index in [4.69, 9.17) is 4.63 Å². The first kappa shape index (κ1) is 28.9. The number of aromatic nitrogens is 2. The van der Waals surface area contributed by atoms with E-state index >= 15 is 0 Å². The highest BCUT2D eigenvalue weighted by Crippen LogP contribution is 2.23. The lowest BCUT2D eigenvalue weighted by molar-refractivity contribution is 0.234. The van der Waals surface area contributed by atoms with Crippen molar-refractivity contribution in [1.82, 2.24) is 15.8 Å². The summed E-state index contributed by atoms with van der Waals surface area (Å²) in [4.78, 5) is 6.06. The molecule has 12 heteroatoms. The Labute approximate surface area is 193 Å². The molecule has 0 aliphatic carbocycles. The predicted octanol–water partition coefficient (Wildman–Crippen LogP) is 4.93. The second-order valence-corrected chi connectivity index (χ2v) is 9.57. The monoisotopic (exact) mass is 521 g/mol. The summed E-state index contributed by atoms with van der Waals surface area (Å²) in [6.45, 7) is 8.60. The Balaban J connectivity index is 0.00000212. The fraction of sp³-hybridized carbons (Fsp3) is 0.526. The van der Waals surface area contributed by atoms with Gasteiger partial charge in [-0.1, -0.05) is 37.3 Å². The number of nitrogens with zero attached hydrogens (tertiary/aromatic N) is 6. The smallest absolute Gasteiger partial charge is 0.204 e. The van der Waals surface area contributed by atoms with Gasteiger partial charge in [-0.05, 0) is 44.4 Å². The summed E-state index contributed by atoms with van der Waals surface area (Å²) in [5, 5.41) is 17.2. The van der Waals surface area contributed by atoms with Crippen LogP contribution in [0.1, 0.15) is 33.4 Å². The Bertz CT molecular complexity index is 942. The molecule has 0 saturated heterocycles. The van der Waals surface area contributed by atoms with E-state index < -0.39 is 15.4 Å². The SMILES string of the molecule is CC.CC.CN=S(C)(CCN(C)c1nonc1C(=Nc1ccc(F)c(Br)c1)NO)=NC. The maximum absolute atomic E-state index is 13.4. The number of anilines is 1. The van der Waals surface area contributed by atoms with Crippen molar-refractivity contribution < 1.29 is 14.2 Å². The predicted molar refractivity (Wildman–Crippen MR) is 130 cm³/mol. The third kappa shape index (κ3) is 8.54. The quantitative estimate of drug-likeness (QED) is 0.316. The summed E-state index contributed by atoms with van der Waals surface area (Å²) in [6.07, 6.45) is 2.01. The van der Waals surface area contributed by atoms with E-state index in [-0.39, 0.29) is 16.0 Å². The number of aliphatic imine (C=N–C) groups is 1. The summed E-state index contributed by atoms with van der Waals surface area (Å²) < 4.78 is 27.2. The second-order valence-electron chi connectivity index (χ2n) is 5.59. The lowest BCUT2D eigenvalue weighted by atomic mass is 10.3. The molecule has 2 N–H and O–H groups in total. The summed E-state index contributed by atoms with van der Waals surface area (Å²) >= 11 is 3.10. The Morgan fingerprint density at radius 2 is 1.84 bits per heavy atom. The van der Waals surface area contributed by atoms with Gasteiger partial charge in [-0.15, -0.1) is 0 Å². The third-order valence-corrected chi connectivity index (χ3v) is 7.04. The molecular weight excluding hydrogens is 489 g/mol. The number of hydroxylamine groups is 1. The maximum Gasteiger partial charge on any atom is 0.204 e. The van der Waals surface area contributed by atoms with Gasteiger partial charge in [0, 0.05) is 39.7 Å². The lowest BCUT2D eigenvalue weighted by Gasteiger charge is -2.18. The van der Waals surface area contributed by atoms with Crippen LogP contribution in [0.5, 0.6) is 0 Å². The van der Waals surface area contributed by atoms with E-state index in [1.807, 2.05) is 51.4 Å². The van der Waals surface area contributed by atoms with Crippen molar-refractivity contribution in [1.29, 1.82) is 0 Å². The zero-order chi connectivity index (χ0) is 24.0. The third-order valence-electron chi connectivity index (χ3n) is 3.91. The molecule has 176 valence electrons. The van der Waals surface area contributed by atoms with Crippen molar-refractivity contribution in [2.24, 2.45) is 13.7 Å². The number of rotatable bonds is 6. The summed E-state index contributed by atoms with van der Waals surface area (Å²) in [7, 11) is 3.93. The van der Waals surface area contributed by atoms with Crippen molar-refractivity contribution in [3.8, 4) is 0 Å². The molecule has 0 unspecified atom stereocenters. The first-order valence-corrected chi connectivity index (χ1v) is 12.7. The number of benzene rings is 1. The molecule has 0 aliphatic heterocycles. The van der Waals surface area contributed by atoms with Gasteiger partial charge in [0.1, 0.15) is 5.82 Å². The Morgan fingerprint density at radius 1 is 1.23 bits per heavy atom. The largest absolute Gasteiger partial charge is 0.354 e. The minimum absolute atomic E-state index is 0.0204. The van der Waals surface area contributed by atoms with Gasteiger partial charge in [0.2, 0.25) is 5.82 Å². The molecule has 0 saturated carbocycles. The molecule has 0 amide bonds. The van der Waals surface area contributed by atoms with E-state index in [0.717, 1.165) is 5.75 Å². The van der Waals surface area contributed by atoms with Crippen LogP contribution in [0.4, 0.5) is 15.9 Å². The second kappa shape index (κ2) is 14.9. The first-order chi connectivity index (χ1) is 14.8. The van der Waals surface area contributed by atoms with Gasteiger partial charge in [0.15, 0.2) is 11.5 Å². The molecule has 0 bridgehead atoms. The molecule has 0 spiro atoms. The number of nitrogens with one attached hydrogen (secondary N) is 1. The Morgan fingerprint density at radius 3 is 2.35 bits per heavy atom. The van der Waals surface area contributed by atoms with Crippen LogP contribution < -0.4 is 10.4 Å². The maximum atomic E-state index is 13.4. The summed E-state index contributed by atoms with van der Waals surface area (Å²) in [6, 6.07) is 4.20. The zero-order valence-corrected chi connectivity index (χ0v) is 21.8. The number of halogens is 2. The fourth-order valence-electron chi connectivity index (χ4n) is 2.08. The highest BCUT2D eigenvalue weighted by Gasteiger charge is 2.20. The van der Waals surface area contributed by atoms with Crippen molar-refractivity contribution in [3.63, 3.8) is 0 Å². The molecule has 0 aliphatic rings. The van der Waals surface area contributed by atoms with Gasteiger partial charge in [-0.25, -0.2) is 14.0 Å². The average Bonchev–Trinajstić information content (AvgIpc) is 3.30. The molecule has 1 heterocycles. The van der Waals surface area contributed by atoms with Crippen molar-refractivity contribution in [2.45, 2.75) is 27.7 Å². The molecule has 0 radical (unpaired) electrons. The van der Waals surface area contributed by atoms with E-state index in [0.29, 0.717) is 18.1 Å². The van der Waals surface area contributed by atoms with Crippen LogP contribution >= 0.6 is 15.9 Å². The molecule has 9 nitrogen and oxygen atoms in total. The van der Waals surface area contributed by atoms with Gasteiger partial charge in [0.05, 0.1) is 10.2 Å². The number of hydrogen-bond donors (Lipinski definition) is 2. The number of hydrogen-bond acceptors (Lipinski definition) is 8. The fourth-order valence-corrected chi connectivity index (χ4v) is 3.59.